The van der Waals surface area contributed by atoms with Crippen molar-refractivity contribution in [2.75, 3.05) is 18.0 Å². The highest BCUT2D eigenvalue weighted by atomic mass is 15.2. The van der Waals surface area contributed by atoms with Crippen LogP contribution in [0, 0.1) is 6.92 Å². The molecule has 0 aliphatic carbocycles. The second-order valence-electron chi connectivity index (χ2n) is 3.22. The summed E-state index contributed by atoms with van der Waals surface area (Å²) in [5.74, 6) is 1.10. The van der Waals surface area contributed by atoms with E-state index in [-0.39, 0.29) is 0 Å². The first kappa shape index (κ1) is 10.0. The fourth-order valence-electron chi connectivity index (χ4n) is 1.41. The van der Waals surface area contributed by atoms with Crippen LogP contribution >= 0.6 is 0 Å². The molecule has 2 nitrogen and oxygen atoms in total. The zero-order chi connectivity index (χ0) is 9.68. The highest BCUT2D eigenvalue weighted by Crippen LogP contribution is 2.10. The van der Waals surface area contributed by atoms with Crippen molar-refractivity contribution in [2.24, 2.45) is 0 Å². The lowest BCUT2D eigenvalue weighted by Crippen LogP contribution is -2.24. The van der Waals surface area contributed by atoms with Gasteiger partial charge in [0.05, 0.1) is 0 Å². The molecule has 0 spiro atoms. The van der Waals surface area contributed by atoms with Gasteiger partial charge in [-0.05, 0) is 32.4 Å². The number of aromatic nitrogens is 1. The molecule has 0 saturated heterocycles. The Bertz CT molecular complexity index is 258. The molecular weight excluding hydrogens is 160 g/mol. The number of anilines is 1. The topological polar surface area (TPSA) is 16.1 Å². The molecule has 1 aromatic heterocycles. The first-order valence-corrected chi connectivity index (χ1v) is 4.96. The highest BCUT2D eigenvalue weighted by molar-refractivity contribution is 5.38. The van der Waals surface area contributed by atoms with E-state index in [0.29, 0.717) is 0 Å². The summed E-state index contributed by atoms with van der Waals surface area (Å²) in [4.78, 5) is 6.79. The van der Waals surface area contributed by atoms with E-state index in [1.165, 1.54) is 6.42 Å². The molecule has 2 heteroatoms. The van der Waals surface area contributed by atoms with Gasteiger partial charge < -0.3 is 4.90 Å². The average molecular weight is 178 g/mol. The summed E-state index contributed by atoms with van der Waals surface area (Å²) < 4.78 is 0. The Labute approximate surface area is 80.6 Å². The number of hydrogen-bond donors (Lipinski definition) is 0. The van der Waals surface area contributed by atoms with Gasteiger partial charge in [-0.15, -0.1) is 0 Å². The van der Waals surface area contributed by atoms with Gasteiger partial charge >= 0.3 is 0 Å². The third-order valence-electron chi connectivity index (χ3n) is 2.07. The quantitative estimate of drug-likeness (QED) is 0.704. The molecule has 1 aromatic rings. The molecule has 1 rings (SSSR count). The monoisotopic (exact) mass is 178 g/mol. The molecule has 0 atom stereocenters. The third-order valence-corrected chi connectivity index (χ3v) is 2.07. The van der Waals surface area contributed by atoms with Gasteiger partial charge in [0.2, 0.25) is 0 Å². The molecule has 0 fully saturated rings. The zero-order valence-corrected chi connectivity index (χ0v) is 8.75. The van der Waals surface area contributed by atoms with Gasteiger partial charge in [-0.3, -0.25) is 0 Å². The maximum absolute atomic E-state index is 4.49. The first-order valence-electron chi connectivity index (χ1n) is 4.96. The Morgan fingerprint density at radius 1 is 1.31 bits per heavy atom. The molecular formula is C11H18N2. The highest BCUT2D eigenvalue weighted by Gasteiger charge is 2.02. The van der Waals surface area contributed by atoms with Gasteiger partial charge in [0.15, 0.2) is 0 Å². The first-order chi connectivity index (χ1) is 6.27. The summed E-state index contributed by atoms with van der Waals surface area (Å²) in [5.41, 5.74) is 1.09. The SMILES string of the molecule is CCCN(CC)c1cccc(C)n1. The molecule has 0 bridgehead atoms. The van der Waals surface area contributed by atoms with Crippen LogP contribution in [0.3, 0.4) is 0 Å². The van der Waals surface area contributed by atoms with E-state index in [2.05, 4.69) is 35.9 Å². The van der Waals surface area contributed by atoms with Crippen molar-refractivity contribution in [1.82, 2.24) is 4.98 Å². The standard InChI is InChI=1S/C11H18N2/c1-4-9-13(5-2)11-8-6-7-10(3)12-11/h6-8H,4-5,9H2,1-3H3. The molecule has 0 radical (unpaired) electrons. The number of pyridine rings is 1. The van der Waals surface area contributed by atoms with Crippen molar-refractivity contribution in [2.45, 2.75) is 27.2 Å². The van der Waals surface area contributed by atoms with Crippen molar-refractivity contribution in [1.29, 1.82) is 0 Å². The summed E-state index contributed by atoms with van der Waals surface area (Å²) in [6.07, 6.45) is 1.17. The van der Waals surface area contributed by atoms with Gasteiger partial charge in [-0.25, -0.2) is 4.98 Å². The van der Waals surface area contributed by atoms with Crippen LogP contribution in [0.25, 0.3) is 0 Å². The minimum Gasteiger partial charge on any atom is -0.357 e. The van der Waals surface area contributed by atoms with E-state index >= 15 is 0 Å². The number of aryl methyl sites for hydroxylation is 1. The zero-order valence-electron chi connectivity index (χ0n) is 8.75. The van der Waals surface area contributed by atoms with E-state index in [4.69, 9.17) is 0 Å². The summed E-state index contributed by atoms with van der Waals surface area (Å²) in [5, 5.41) is 0. The van der Waals surface area contributed by atoms with Crippen molar-refractivity contribution in [3.8, 4) is 0 Å². The summed E-state index contributed by atoms with van der Waals surface area (Å²) >= 11 is 0. The summed E-state index contributed by atoms with van der Waals surface area (Å²) in [6, 6.07) is 6.17. The van der Waals surface area contributed by atoms with Crippen LogP contribution in [-0.4, -0.2) is 18.1 Å². The van der Waals surface area contributed by atoms with Crippen molar-refractivity contribution < 1.29 is 0 Å². The predicted molar refractivity (Wildman–Crippen MR) is 57.2 cm³/mol. The van der Waals surface area contributed by atoms with Crippen LogP contribution in [0.15, 0.2) is 18.2 Å². The summed E-state index contributed by atoms with van der Waals surface area (Å²) in [7, 11) is 0. The second kappa shape index (κ2) is 4.85. The van der Waals surface area contributed by atoms with E-state index < -0.39 is 0 Å². The van der Waals surface area contributed by atoms with E-state index in [9.17, 15) is 0 Å². The fourth-order valence-corrected chi connectivity index (χ4v) is 1.41. The average Bonchev–Trinajstić information content (AvgIpc) is 2.14. The lowest BCUT2D eigenvalue weighted by Gasteiger charge is -2.21. The second-order valence-corrected chi connectivity index (χ2v) is 3.22. The minimum absolute atomic E-state index is 1.03. The van der Waals surface area contributed by atoms with E-state index in [1.807, 2.05) is 13.0 Å². The molecule has 1 heterocycles. The lowest BCUT2D eigenvalue weighted by atomic mass is 10.3. The largest absolute Gasteiger partial charge is 0.357 e. The van der Waals surface area contributed by atoms with Gasteiger partial charge in [-0.2, -0.15) is 0 Å². The third kappa shape index (κ3) is 2.72. The molecule has 0 aromatic carbocycles. The molecule has 0 aliphatic heterocycles. The van der Waals surface area contributed by atoms with Crippen LogP contribution in [0.5, 0.6) is 0 Å². The molecule has 0 aliphatic rings. The Kier molecular flexibility index (Phi) is 3.74. The maximum atomic E-state index is 4.49. The van der Waals surface area contributed by atoms with E-state index in [0.717, 1.165) is 24.6 Å². The number of rotatable bonds is 4. The fraction of sp³-hybridized carbons (Fsp3) is 0.545. The van der Waals surface area contributed by atoms with Crippen LogP contribution in [0.4, 0.5) is 5.82 Å². The summed E-state index contributed by atoms with van der Waals surface area (Å²) in [6.45, 7) is 8.51. The molecule has 0 saturated carbocycles. The van der Waals surface area contributed by atoms with Gasteiger partial charge in [0.25, 0.3) is 0 Å². The Morgan fingerprint density at radius 3 is 2.62 bits per heavy atom. The van der Waals surface area contributed by atoms with Crippen LogP contribution in [0.2, 0.25) is 0 Å². The van der Waals surface area contributed by atoms with Crippen LogP contribution < -0.4 is 4.90 Å². The Hall–Kier alpha value is -1.05. The van der Waals surface area contributed by atoms with Crippen LogP contribution in [0.1, 0.15) is 26.0 Å². The van der Waals surface area contributed by atoms with Crippen molar-refractivity contribution >= 4 is 5.82 Å². The molecule has 13 heavy (non-hydrogen) atoms. The van der Waals surface area contributed by atoms with Crippen molar-refractivity contribution in [3.05, 3.63) is 23.9 Å². The molecule has 0 amide bonds. The van der Waals surface area contributed by atoms with Gasteiger partial charge in [0.1, 0.15) is 5.82 Å². The van der Waals surface area contributed by atoms with Crippen molar-refractivity contribution in [3.63, 3.8) is 0 Å². The molecule has 72 valence electrons. The smallest absolute Gasteiger partial charge is 0.128 e. The normalized spacial score (nSPS) is 10.1. The van der Waals surface area contributed by atoms with Crippen LogP contribution in [-0.2, 0) is 0 Å². The Morgan fingerprint density at radius 2 is 2.08 bits per heavy atom. The Balaban J connectivity index is 2.78. The minimum atomic E-state index is 1.03. The molecule has 0 unspecified atom stereocenters. The molecule has 0 N–H and O–H groups in total. The van der Waals surface area contributed by atoms with Gasteiger partial charge in [0, 0.05) is 18.8 Å². The van der Waals surface area contributed by atoms with Gasteiger partial charge in [-0.1, -0.05) is 13.0 Å². The maximum Gasteiger partial charge on any atom is 0.128 e. The van der Waals surface area contributed by atoms with E-state index in [1.54, 1.807) is 0 Å². The predicted octanol–water partition coefficient (Wildman–Crippen LogP) is 2.63. The number of nitrogens with zero attached hydrogens (tertiary/aromatic N) is 2. The lowest BCUT2D eigenvalue weighted by molar-refractivity contribution is 0.776. The number of hydrogen-bond acceptors (Lipinski definition) is 2.